The molecule has 0 saturated heterocycles. The summed E-state index contributed by atoms with van der Waals surface area (Å²) >= 11 is 0. The van der Waals surface area contributed by atoms with Gasteiger partial charge in [0.2, 0.25) is 5.89 Å². The topological polar surface area (TPSA) is 94.0 Å². The first-order valence-corrected chi connectivity index (χ1v) is 5.18. The standard InChI is InChI=1S/C10H12N4O3/c1-3-8-12-9(17-13-8)5-14-6(2)11-4-7(14)10(15)16/h4H,3,5H2,1-2H3,(H,15,16). The van der Waals surface area contributed by atoms with Gasteiger partial charge in [-0.1, -0.05) is 12.1 Å². The molecule has 0 saturated carbocycles. The Morgan fingerprint density at radius 1 is 1.59 bits per heavy atom. The summed E-state index contributed by atoms with van der Waals surface area (Å²) in [6.45, 7) is 3.86. The average Bonchev–Trinajstić information content (AvgIpc) is 2.87. The number of rotatable bonds is 4. The molecule has 17 heavy (non-hydrogen) atoms. The summed E-state index contributed by atoms with van der Waals surface area (Å²) in [5.74, 6) is 0.555. The molecule has 2 aromatic heterocycles. The Morgan fingerprint density at radius 3 is 2.94 bits per heavy atom. The number of aryl methyl sites for hydroxylation is 2. The molecule has 0 unspecified atom stereocenters. The van der Waals surface area contributed by atoms with Crippen molar-refractivity contribution >= 4 is 5.97 Å². The fraction of sp³-hybridized carbons (Fsp3) is 0.400. The maximum atomic E-state index is 11.0. The molecule has 0 atom stereocenters. The van der Waals surface area contributed by atoms with Crippen LogP contribution in [0.2, 0.25) is 0 Å². The highest BCUT2D eigenvalue weighted by Gasteiger charge is 2.15. The largest absolute Gasteiger partial charge is 0.477 e. The quantitative estimate of drug-likeness (QED) is 0.846. The molecule has 0 amide bonds. The van der Waals surface area contributed by atoms with E-state index in [2.05, 4.69) is 15.1 Å². The van der Waals surface area contributed by atoms with Crippen LogP contribution in [-0.2, 0) is 13.0 Å². The predicted molar refractivity (Wildman–Crippen MR) is 56.7 cm³/mol. The van der Waals surface area contributed by atoms with Crippen molar-refractivity contribution in [3.05, 3.63) is 29.4 Å². The van der Waals surface area contributed by atoms with Crippen molar-refractivity contribution in [1.29, 1.82) is 0 Å². The van der Waals surface area contributed by atoms with Crippen LogP contribution in [0.5, 0.6) is 0 Å². The zero-order valence-corrected chi connectivity index (χ0v) is 9.54. The highest BCUT2D eigenvalue weighted by Crippen LogP contribution is 2.09. The second-order valence-electron chi connectivity index (χ2n) is 3.54. The van der Waals surface area contributed by atoms with Gasteiger partial charge in [0.1, 0.15) is 18.1 Å². The SMILES string of the molecule is CCc1noc(Cn2c(C(=O)O)cnc2C)n1. The molecule has 0 radical (unpaired) electrons. The van der Waals surface area contributed by atoms with Crippen LogP contribution >= 0.6 is 0 Å². The van der Waals surface area contributed by atoms with E-state index in [0.717, 1.165) is 0 Å². The van der Waals surface area contributed by atoms with E-state index in [4.69, 9.17) is 9.63 Å². The molecule has 0 aromatic carbocycles. The van der Waals surface area contributed by atoms with E-state index in [9.17, 15) is 4.79 Å². The Balaban J connectivity index is 2.29. The number of carbonyl (C=O) groups is 1. The number of hydrogen-bond acceptors (Lipinski definition) is 5. The lowest BCUT2D eigenvalue weighted by atomic mass is 10.4. The Morgan fingerprint density at radius 2 is 2.35 bits per heavy atom. The number of aromatic carboxylic acids is 1. The minimum absolute atomic E-state index is 0.110. The van der Waals surface area contributed by atoms with Gasteiger partial charge in [0.05, 0.1) is 6.20 Å². The molecule has 7 heteroatoms. The molecule has 2 aromatic rings. The van der Waals surface area contributed by atoms with Crippen LogP contribution in [0.15, 0.2) is 10.7 Å². The highest BCUT2D eigenvalue weighted by atomic mass is 16.5. The first-order valence-electron chi connectivity index (χ1n) is 5.18. The molecule has 0 aliphatic carbocycles. The van der Waals surface area contributed by atoms with Crippen molar-refractivity contribution in [2.75, 3.05) is 0 Å². The molecular formula is C10H12N4O3. The Hall–Kier alpha value is -2.18. The van der Waals surface area contributed by atoms with E-state index in [1.54, 1.807) is 6.92 Å². The second kappa shape index (κ2) is 4.36. The number of carboxylic acids is 1. The van der Waals surface area contributed by atoms with Crippen LogP contribution in [0, 0.1) is 6.92 Å². The number of aromatic nitrogens is 4. The fourth-order valence-electron chi connectivity index (χ4n) is 1.47. The molecule has 0 aliphatic rings. The van der Waals surface area contributed by atoms with Crippen molar-refractivity contribution < 1.29 is 14.4 Å². The molecule has 1 N–H and O–H groups in total. The summed E-state index contributed by atoms with van der Waals surface area (Å²) in [6.07, 6.45) is 1.99. The normalized spacial score (nSPS) is 10.7. The molecule has 2 heterocycles. The lowest BCUT2D eigenvalue weighted by Crippen LogP contribution is -2.11. The number of imidazole rings is 1. The van der Waals surface area contributed by atoms with Crippen molar-refractivity contribution in [3.63, 3.8) is 0 Å². The summed E-state index contributed by atoms with van der Waals surface area (Å²) in [4.78, 5) is 19.0. The molecule has 7 nitrogen and oxygen atoms in total. The number of hydrogen-bond donors (Lipinski definition) is 1. The van der Waals surface area contributed by atoms with Crippen LogP contribution < -0.4 is 0 Å². The van der Waals surface area contributed by atoms with Crippen LogP contribution in [0.3, 0.4) is 0 Å². The third kappa shape index (κ3) is 2.17. The molecule has 0 bridgehead atoms. The third-order valence-electron chi connectivity index (χ3n) is 2.39. The van der Waals surface area contributed by atoms with Crippen molar-refractivity contribution in [2.24, 2.45) is 0 Å². The smallest absolute Gasteiger partial charge is 0.354 e. The average molecular weight is 236 g/mol. The van der Waals surface area contributed by atoms with E-state index >= 15 is 0 Å². The van der Waals surface area contributed by atoms with E-state index in [1.165, 1.54) is 10.8 Å². The summed E-state index contributed by atoms with van der Waals surface area (Å²) in [7, 11) is 0. The maximum Gasteiger partial charge on any atom is 0.354 e. The van der Waals surface area contributed by atoms with Crippen LogP contribution in [-0.4, -0.2) is 30.8 Å². The van der Waals surface area contributed by atoms with Gasteiger partial charge in [-0.2, -0.15) is 4.98 Å². The van der Waals surface area contributed by atoms with E-state index in [0.29, 0.717) is 24.0 Å². The zero-order valence-electron chi connectivity index (χ0n) is 9.54. The van der Waals surface area contributed by atoms with Crippen LogP contribution in [0.25, 0.3) is 0 Å². The van der Waals surface area contributed by atoms with Crippen molar-refractivity contribution in [2.45, 2.75) is 26.8 Å². The molecule has 0 spiro atoms. The van der Waals surface area contributed by atoms with Gasteiger partial charge in [-0.05, 0) is 6.92 Å². The minimum atomic E-state index is -1.03. The second-order valence-corrected chi connectivity index (χ2v) is 3.54. The van der Waals surface area contributed by atoms with Crippen LogP contribution in [0.4, 0.5) is 0 Å². The van der Waals surface area contributed by atoms with Gasteiger partial charge >= 0.3 is 5.97 Å². The minimum Gasteiger partial charge on any atom is -0.477 e. The molecule has 90 valence electrons. The third-order valence-corrected chi connectivity index (χ3v) is 2.39. The van der Waals surface area contributed by atoms with Gasteiger partial charge in [-0.3, -0.25) is 0 Å². The fourth-order valence-corrected chi connectivity index (χ4v) is 1.47. The predicted octanol–water partition coefficient (Wildman–Crippen LogP) is 0.883. The molecule has 0 fully saturated rings. The van der Waals surface area contributed by atoms with Gasteiger partial charge in [-0.25, -0.2) is 9.78 Å². The van der Waals surface area contributed by atoms with E-state index < -0.39 is 5.97 Å². The monoisotopic (exact) mass is 236 g/mol. The number of carboxylic acid groups (broad SMARTS) is 1. The van der Waals surface area contributed by atoms with Crippen LogP contribution in [0.1, 0.15) is 35.0 Å². The van der Waals surface area contributed by atoms with Crippen molar-refractivity contribution in [3.8, 4) is 0 Å². The lowest BCUT2D eigenvalue weighted by Gasteiger charge is -2.03. The lowest BCUT2D eigenvalue weighted by molar-refractivity contribution is 0.0685. The first kappa shape index (κ1) is 11.3. The summed E-state index contributed by atoms with van der Waals surface area (Å²) in [5.41, 5.74) is 0.110. The van der Waals surface area contributed by atoms with Gasteiger partial charge in [0.25, 0.3) is 0 Å². The highest BCUT2D eigenvalue weighted by molar-refractivity contribution is 5.85. The Labute approximate surface area is 97.1 Å². The van der Waals surface area contributed by atoms with E-state index in [-0.39, 0.29) is 12.2 Å². The molecule has 2 rings (SSSR count). The maximum absolute atomic E-state index is 11.0. The Bertz CT molecular complexity index is 543. The molecule has 0 aliphatic heterocycles. The Kier molecular flexibility index (Phi) is 2.90. The van der Waals surface area contributed by atoms with E-state index in [1.807, 2.05) is 6.92 Å². The van der Waals surface area contributed by atoms with Gasteiger partial charge in [0, 0.05) is 6.42 Å². The summed E-state index contributed by atoms with van der Waals surface area (Å²) < 4.78 is 6.54. The van der Waals surface area contributed by atoms with Gasteiger partial charge in [-0.15, -0.1) is 0 Å². The zero-order chi connectivity index (χ0) is 12.4. The van der Waals surface area contributed by atoms with Crippen molar-refractivity contribution in [1.82, 2.24) is 19.7 Å². The number of nitrogens with zero attached hydrogens (tertiary/aromatic N) is 4. The first-order chi connectivity index (χ1) is 8.11. The summed E-state index contributed by atoms with van der Waals surface area (Å²) in [5, 5.41) is 12.7. The van der Waals surface area contributed by atoms with Gasteiger partial charge in [0.15, 0.2) is 5.82 Å². The summed E-state index contributed by atoms with van der Waals surface area (Å²) in [6, 6.07) is 0. The molecular weight excluding hydrogens is 224 g/mol. The van der Waals surface area contributed by atoms with Gasteiger partial charge < -0.3 is 14.2 Å².